The minimum Gasteiger partial charge on any atom is -0.360 e. The minimum absolute atomic E-state index is 0.0274. The molecule has 5 rings (SSSR count). The highest BCUT2D eigenvalue weighted by molar-refractivity contribution is 9.10. The summed E-state index contributed by atoms with van der Waals surface area (Å²) in [4.78, 5) is 26.9. The molecular weight excluding hydrogens is 559 g/mol. The number of fused-ring (bicyclic) bond motifs is 1. The molecule has 1 aliphatic carbocycles. The first-order valence-corrected chi connectivity index (χ1v) is 13.0. The molecule has 2 aromatic heterocycles. The number of carbonyl (C=O) groups is 1. The number of rotatable bonds is 10. The van der Waals surface area contributed by atoms with E-state index < -0.39 is 11.7 Å². The number of anilines is 3. The van der Waals surface area contributed by atoms with E-state index in [9.17, 15) is 4.79 Å². The Morgan fingerprint density at radius 1 is 1.31 bits per heavy atom. The van der Waals surface area contributed by atoms with Crippen molar-refractivity contribution >= 4 is 72.3 Å². The van der Waals surface area contributed by atoms with Crippen molar-refractivity contribution in [1.82, 2.24) is 20.0 Å². The third-order valence-corrected chi connectivity index (χ3v) is 7.07. The molecule has 2 heterocycles. The Morgan fingerprint density at radius 3 is 2.91 bits per heavy atom. The van der Waals surface area contributed by atoms with Gasteiger partial charge in [-0.15, -0.1) is 11.3 Å². The highest BCUT2D eigenvalue weighted by Gasteiger charge is 2.25. The summed E-state index contributed by atoms with van der Waals surface area (Å²) in [5.41, 5.74) is 3.59. The van der Waals surface area contributed by atoms with Crippen LogP contribution in [-0.4, -0.2) is 33.6 Å². The van der Waals surface area contributed by atoms with Crippen molar-refractivity contribution in [3.8, 4) is 0 Å². The van der Waals surface area contributed by atoms with Gasteiger partial charge in [0.05, 0.1) is 40.4 Å². The number of benzene rings is 2. The van der Waals surface area contributed by atoms with Crippen LogP contribution in [0.1, 0.15) is 23.2 Å². The van der Waals surface area contributed by atoms with Gasteiger partial charge in [0, 0.05) is 29.1 Å². The van der Waals surface area contributed by atoms with E-state index in [1.807, 2.05) is 5.38 Å². The Labute approximate surface area is 217 Å². The first kappa shape index (κ1) is 24.0. The van der Waals surface area contributed by atoms with E-state index in [4.69, 9.17) is 16.4 Å². The van der Waals surface area contributed by atoms with E-state index in [1.165, 1.54) is 11.3 Å². The van der Waals surface area contributed by atoms with Crippen molar-refractivity contribution in [2.45, 2.75) is 19.4 Å². The zero-order chi connectivity index (χ0) is 24.4. The largest absolute Gasteiger partial charge is 0.360 e. The number of hydrogen-bond donors (Lipinski definition) is 3. The third kappa shape index (κ3) is 5.58. The normalized spacial score (nSPS) is 13.2. The number of amides is 1. The number of carbonyl (C=O) groups excluding carboxylic acids is 1. The van der Waals surface area contributed by atoms with Gasteiger partial charge in [0.1, 0.15) is 5.52 Å². The molecule has 0 bridgehead atoms. The zero-order valence-electron chi connectivity index (χ0n) is 18.4. The van der Waals surface area contributed by atoms with Gasteiger partial charge in [-0.2, -0.15) is 0 Å². The molecule has 1 amide bonds. The van der Waals surface area contributed by atoms with Crippen molar-refractivity contribution in [2.75, 3.05) is 23.8 Å². The average Bonchev–Trinajstić information content (AvgIpc) is 3.34. The molecule has 12 heteroatoms. The molecule has 182 valence electrons. The average molecular weight is 580 g/mol. The summed E-state index contributed by atoms with van der Waals surface area (Å²) < 4.78 is 18.3. The molecule has 0 aliphatic heterocycles. The predicted molar refractivity (Wildman–Crippen MR) is 139 cm³/mol. The number of hydroxylamine groups is 1. The van der Waals surface area contributed by atoms with Crippen LogP contribution in [0.5, 0.6) is 0 Å². The summed E-state index contributed by atoms with van der Waals surface area (Å²) in [6.45, 7) is 1.49. The van der Waals surface area contributed by atoms with Crippen molar-refractivity contribution in [1.29, 1.82) is 0 Å². The van der Waals surface area contributed by atoms with E-state index in [2.05, 4.69) is 42.0 Å². The fourth-order valence-corrected chi connectivity index (χ4v) is 4.80. The minimum atomic E-state index is -0.652. The fourth-order valence-electron chi connectivity index (χ4n) is 3.52. The van der Waals surface area contributed by atoms with E-state index in [1.54, 1.807) is 41.4 Å². The number of imidazole rings is 1. The summed E-state index contributed by atoms with van der Waals surface area (Å²) in [5, 5.41) is 9.24. The molecule has 1 aliphatic rings. The lowest BCUT2D eigenvalue weighted by molar-refractivity contribution is 0.0271. The fraction of sp³-hybridized carbons (Fsp3) is 0.261. The maximum atomic E-state index is 15.8. The number of hydrogen-bond acceptors (Lipinski definition) is 7. The summed E-state index contributed by atoms with van der Waals surface area (Å²) >= 11 is 11.2. The Hall–Kier alpha value is -2.73. The quantitative estimate of drug-likeness (QED) is 0.200. The van der Waals surface area contributed by atoms with Crippen LogP contribution in [0.15, 0.2) is 46.6 Å². The summed E-state index contributed by atoms with van der Waals surface area (Å²) in [6, 6.07) is 6.76. The lowest BCUT2D eigenvalue weighted by Crippen LogP contribution is -2.26. The number of halogens is 3. The van der Waals surface area contributed by atoms with Gasteiger partial charge in [0.2, 0.25) is 0 Å². The van der Waals surface area contributed by atoms with Crippen LogP contribution in [0.2, 0.25) is 5.02 Å². The van der Waals surface area contributed by atoms with Crippen molar-refractivity contribution in [2.24, 2.45) is 5.92 Å². The number of thiazole rings is 1. The van der Waals surface area contributed by atoms with Gasteiger partial charge >= 0.3 is 0 Å². The standard InChI is InChI=1S/C23H21BrClFN6O2S/c24-14-3-4-17(16(25)9-14)30-20-15(22(33)31-34-11-13-1-2-13)10-18-21(19(20)26)29-12-32(18)7-5-27-23-28-6-8-35-23/h3-4,6,8-10,12-13,30H,1-2,5,7,11H2,(H,27,28)(H,31,33). The molecule has 0 radical (unpaired) electrons. The van der Waals surface area contributed by atoms with Gasteiger partial charge < -0.3 is 15.2 Å². The van der Waals surface area contributed by atoms with Crippen LogP contribution in [0.3, 0.4) is 0 Å². The second kappa shape index (κ2) is 10.5. The Balaban J connectivity index is 1.46. The van der Waals surface area contributed by atoms with E-state index in [-0.39, 0.29) is 16.8 Å². The van der Waals surface area contributed by atoms with Gasteiger partial charge in [-0.05, 0) is 43.0 Å². The predicted octanol–water partition coefficient (Wildman–Crippen LogP) is 5.97. The maximum absolute atomic E-state index is 15.8. The van der Waals surface area contributed by atoms with Crippen molar-refractivity contribution < 1.29 is 14.0 Å². The first-order chi connectivity index (χ1) is 17.0. The maximum Gasteiger partial charge on any atom is 0.277 e. The van der Waals surface area contributed by atoms with E-state index >= 15 is 4.39 Å². The summed E-state index contributed by atoms with van der Waals surface area (Å²) in [5.74, 6) is -0.753. The Morgan fingerprint density at radius 2 is 2.17 bits per heavy atom. The molecule has 35 heavy (non-hydrogen) atoms. The number of nitrogens with one attached hydrogen (secondary N) is 3. The molecule has 0 unspecified atom stereocenters. The smallest absolute Gasteiger partial charge is 0.277 e. The molecule has 0 spiro atoms. The second-order valence-corrected chi connectivity index (χ2v) is 10.3. The topological polar surface area (TPSA) is 93.1 Å². The van der Waals surface area contributed by atoms with Gasteiger partial charge in [-0.1, -0.05) is 27.5 Å². The van der Waals surface area contributed by atoms with E-state index in [0.717, 1.165) is 22.4 Å². The molecule has 1 saturated carbocycles. The Bertz CT molecular complexity index is 1360. The molecule has 1 fully saturated rings. The lowest BCUT2D eigenvalue weighted by Gasteiger charge is -2.16. The van der Waals surface area contributed by atoms with Crippen LogP contribution in [0.4, 0.5) is 20.9 Å². The summed E-state index contributed by atoms with van der Waals surface area (Å²) in [6.07, 6.45) is 5.44. The van der Waals surface area contributed by atoms with Crippen LogP contribution in [-0.2, 0) is 11.4 Å². The van der Waals surface area contributed by atoms with Gasteiger partial charge in [0.15, 0.2) is 10.9 Å². The SMILES string of the molecule is O=C(NOCC1CC1)c1cc2c(ncn2CCNc2nccs2)c(F)c1Nc1ccc(Br)cc1Cl. The molecular formula is C23H21BrClFN6O2S. The third-order valence-electron chi connectivity index (χ3n) is 5.53. The number of aromatic nitrogens is 3. The molecule has 2 aromatic carbocycles. The van der Waals surface area contributed by atoms with Crippen LogP contribution in [0.25, 0.3) is 11.0 Å². The first-order valence-electron chi connectivity index (χ1n) is 10.9. The van der Waals surface area contributed by atoms with E-state index in [0.29, 0.717) is 41.8 Å². The Kier molecular flexibility index (Phi) is 7.19. The summed E-state index contributed by atoms with van der Waals surface area (Å²) in [7, 11) is 0. The highest BCUT2D eigenvalue weighted by Crippen LogP contribution is 2.34. The molecule has 4 aromatic rings. The molecule has 0 atom stereocenters. The van der Waals surface area contributed by atoms with Crippen molar-refractivity contribution in [3.63, 3.8) is 0 Å². The highest BCUT2D eigenvalue weighted by atomic mass is 79.9. The van der Waals surface area contributed by atoms with Gasteiger partial charge in [0.25, 0.3) is 5.91 Å². The van der Waals surface area contributed by atoms with Crippen LogP contribution in [0, 0.1) is 11.7 Å². The number of nitrogens with zero attached hydrogens (tertiary/aromatic N) is 3. The second-order valence-electron chi connectivity index (χ2n) is 8.12. The zero-order valence-corrected chi connectivity index (χ0v) is 21.5. The van der Waals surface area contributed by atoms with Gasteiger partial charge in [-0.25, -0.2) is 19.8 Å². The molecule has 8 nitrogen and oxygen atoms in total. The molecule has 3 N–H and O–H groups in total. The van der Waals surface area contributed by atoms with Crippen LogP contribution < -0.4 is 16.1 Å². The van der Waals surface area contributed by atoms with Crippen molar-refractivity contribution in [3.05, 3.63) is 63.0 Å². The van der Waals surface area contributed by atoms with Gasteiger partial charge in [-0.3, -0.25) is 9.63 Å². The monoisotopic (exact) mass is 578 g/mol. The molecule has 0 saturated heterocycles. The lowest BCUT2D eigenvalue weighted by atomic mass is 10.1. The van der Waals surface area contributed by atoms with Crippen LogP contribution >= 0.6 is 38.9 Å².